The molecule has 2 atom stereocenters. The van der Waals surface area contributed by atoms with Crippen molar-refractivity contribution in [3.05, 3.63) is 47.9 Å². The lowest BCUT2D eigenvalue weighted by Gasteiger charge is -2.20. The van der Waals surface area contributed by atoms with E-state index in [1.54, 1.807) is 13.0 Å². The number of aromatic nitrogens is 1. The Balaban J connectivity index is 1.59. The molecule has 0 spiro atoms. The number of carbonyl (C=O) groups is 1. The predicted octanol–water partition coefficient (Wildman–Crippen LogP) is 5.00. The van der Waals surface area contributed by atoms with Crippen molar-refractivity contribution in [2.24, 2.45) is 5.92 Å². The Morgan fingerprint density at radius 2 is 2.00 bits per heavy atom. The van der Waals surface area contributed by atoms with Gasteiger partial charge in [-0.05, 0) is 36.5 Å². The van der Waals surface area contributed by atoms with Crippen LogP contribution in [0.3, 0.4) is 0 Å². The van der Waals surface area contributed by atoms with Crippen LogP contribution < -0.4 is 14.4 Å². The van der Waals surface area contributed by atoms with Gasteiger partial charge in [0.1, 0.15) is 17.6 Å². The van der Waals surface area contributed by atoms with Gasteiger partial charge in [0.15, 0.2) is 5.82 Å². The van der Waals surface area contributed by atoms with Crippen molar-refractivity contribution in [3.63, 3.8) is 0 Å². The van der Waals surface area contributed by atoms with Gasteiger partial charge in [-0.1, -0.05) is 32.9 Å². The molecule has 0 aliphatic carbocycles. The number of hydrogen-bond donors (Lipinski definition) is 0. The highest BCUT2D eigenvalue weighted by Crippen LogP contribution is 2.29. The Kier molecular flexibility index (Phi) is 7.29. The molecule has 3 rings (SSSR count). The first-order valence-corrected chi connectivity index (χ1v) is 10.6. The molecule has 2 aromatic rings. The molecule has 0 bridgehead atoms. The third-order valence-electron chi connectivity index (χ3n) is 5.21. The van der Waals surface area contributed by atoms with E-state index in [1.165, 1.54) is 6.20 Å². The maximum atomic E-state index is 14.4. The molecule has 6 heteroatoms. The van der Waals surface area contributed by atoms with Gasteiger partial charge in [-0.3, -0.25) is 0 Å². The van der Waals surface area contributed by atoms with E-state index in [-0.39, 0.29) is 23.6 Å². The highest BCUT2D eigenvalue weighted by atomic mass is 19.1. The Bertz CT molecular complexity index is 854. The van der Waals surface area contributed by atoms with E-state index in [2.05, 4.69) is 25.8 Å². The molecule has 30 heavy (non-hydrogen) atoms. The Morgan fingerprint density at radius 3 is 2.67 bits per heavy atom. The van der Waals surface area contributed by atoms with Crippen molar-refractivity contribution in [2.45, 2.75) is 52.6 Å². The zero-order chi connectivity index (χ0) is 21.7. The van der Waals surface area contributed by atoms with Gasteiger partial charge < -0.3 is 19.2 Å². The SMILES string of the molecule is CC(=O)C[C@@H](C)c1ccc(OC2CCN(c3cc(OCC(C)C)ncc3F)C2)cc1. The maximum absolute atomic E-state index is 14.4. The van der Waals surface area contributed by atoms with Crippen LogP contribution in [-0.4, -0.2) is 36.6 Å². The average molecular weight is 415 g/mol. The Morgan fingerprint density at radius 1 is 1.27 bits per heavy atom. The van der Waals surface area contributed by atoms with Crippen molar-refractivity contribution in [1.29, 1.82) is 0 Å². The van der Waals surface area contributed by atoms with E-state index in [9.17, 15) is 9.18 Å². The van der Waals surface area contributed by atoms with Gasteiger partial charge in [-0.25, -0.2) is 9.37 Å². The topological polar surface area (TPSA) is 51.7 Å². The number of anilines is 1. The smallest absolute Gasteiger partial charge is 0.215 e. The molecule has 0 saturated carbocycles. The van der Waals surface area contributed by atoms with Crippen LogP contribution >= 0.6 is 0 Å². The van der Waals surface area contributed by atoms with Crippen LogP contribution in [0.1, 0.15) is 52.0 Å². The van der Waals surface area contributed by atoms with Gasteiger partial charge in [0.25, 0.3) is 0 Å². The minimum atomic E-state index is -0.351. The number of ether oxygens (including phenoxy) is 2. The van der Waals surface area contributed by atoms with Crippen LogP contribution in [0.5, 0.6) is 11.6 Å². The number of pyridine rings is 1. The summed E-state index contributed by atoms with van der Waals surface area (Å²) in [5.41, 5.74) is 1.63. The number of carbonyl (C=O) groups excluding carboxylic acids is 1. The van der Waals surface area contributed by atoms with Crippen LogP contribution in [-0.2, 0) is 4.79 Å². The molecule has 0 radical (unpaired) electrons. The third kappa shape index (κ3) is 5.94. The lowest BCUT2D eigenvalue weighted by molar-refractivity contribution is -0.117. The molecule has 162 valence electrons. The lowest BCUT2D eigenvalue weighted by Crippen LogP contribution is -2.25. The van der Waals surface area contributed by atoms with Gasteiger partial charge in [0.2, 0.25) is 5.88 Å². The quantitative estimate of drug-likeness (QED) is 0.578. The van der Waals surface area contributed by atoms with E-state index >= 15 is 0 Å². The summed E-state index contributed by atoms with van der Waals surface area (Å²) in [5, 5.41) is 0. The summed E-state index contributed by atoms with van der Waals surface area (Å²) in [6, 6.07) is 9.58. The van der Waals surface area contributed by atoms with Crippen molar-refractivity contribution in [3.8, 4) is 11.6 Å². The summed E-state index contributed by atoms with van der Waals surface area (Å²) in [6.07, 6.45) is 2.56. The summed E-state index contributed by atoms with van der Waals surface area (Å²) >= 11 is 0. The fraction of sp³-hybridized carbons (Fsp3) is 0.500. The molecule has 1 fully saturated rings. The number of hydrogen-bond acceptors (Lipinski definition) is 5. The van der Waals surface area contributed by atoms with Gasteiger partial charge in [-0.15, -0.1) is 0 Å². The van der Waals surface area contributed by atoms with Crippen molar-refractivity contribution in [2.75, 3.05) is 24.6 Å². The van der Waals surface area contributed by atoms with Crippen LogP contribution in [0.15, 0.2) is 36.5 Å². The van der Waals surface area contributed by atoms with Gasteiger partial charge in [-0.2, -0.15) is 0 Å². The van der Waals surface area contributed by atoms with E-state index < -0.39 is 0 Å². The molecule has 1 aromatic carbocycles. The summed E-state index contributed by atoms with van der Waals surface area (Å²) in [7, 11) is 0. The van der Waals surface area contributed by atoms with E-state index in [4.69, 9.17) is 9.47 Å². The second kappa shape index (κ2) is 9.92. The van der Waals surface area contributed by atoms with Crippen LogP contribution in [0.2, 0.25) is 0 Å². The molecule has 1 aliphatic heterocycles. The standard InChI is InChI=1S/C24H31FN2O3/c1-16(2)15-29-24-12-23(22(25)13-26-24)27-10-9-21(14-27)30-20-7-5-19(6-8-20)17(3)11-18(4)28/h5-8,12-13,16-17,21H,9-11,14-15H2,1-4H3/t17-,21?/m1/s1. The Labute approximate surface area is 178 Å². The van der Waals surface area contributed by atoms with Crippen molar-refractivity contribution < 1.29 is 18.7 Å². The number of halogens is 1. The normalized spacial score (nSPS) is 17.3. The van der Waals surface area contributed by atoms with Crippen molar-refractivity contribution >= 4 is 11.5 Å². The van der Waals surface area contributed by atoms with Crippen LogP contribution in [0, 0.1) is 11.7 Å². The molecule has 1 aromatic heterocycles. The van der Waals surface area contributed by atoms with E-state index in [0.29, 0.717) is 43.6 Å². The molecule has 0 amide bonds. The molecular formula is C24H31FN2O3. The first kappa shape index (κ1) is 22.1. The number of ketones is 1. The predicted molar refractivity (Wildman–Crippen MR) is 116 cm³/mol. The molecule has 2 heterocycles. The van der Waals surface area contributed by atoms with E-state index in [1.807, 2.05) is 29.2 Å². The fourth-order valence-corrected chi connectivity index (χ4v) is 3.64. The molecular weight excluding hydrogens is 383 g/mol. The fourth-order valence-electron chi connectivity index (χ4n) is 3.64. The third-order valence-corrected chi connectivity index (χ3v) is 5.21. The molecule has 1 unspecified atom stereocenters. The average Bonchev–Trinajstić information content (AvgIpc) is 3.15. The molecule has 1 aliphatic rings. The number of rotatable bonds is 9. The van der Waals surface area contributed by atoms with E-state index in [0.717, 1.165) is 17.7 Å². The minimum absolute atomic E-state index is 0.0157. The van der Waals surface area contributed by atoms with Crippen molar-refractivity contribution in [1.82, 2.24) is 4.98 Å². The molecule has 0 N–H and O–H groups in total. The molecule has 5 nitrogen and oxygen atoms in total. The highest BCUT2D eigenvalue weighted by molar-refractivity contribution is 5.76. The molecule has 1 saturated heterocycles. The van der Waals surface area contributed by atoms with Gasteiger partial charge in [0.05, 0.1) is 25.0 Å². The highest BCUT2D eigenvalue weighted by Gasteiger charge is 2.26. The zero-order valence-corrected chi connectivity index (χ0v) is 18.2. The monoisotopic (exact) mass is 414 g/mol. The second-order valence-corrected chi connectivity index (χ2v) is 8.53. The Hall–Kier alpha value is -2.63. The summed E-state index contributed by atoms with van der Waals surface area (Å²) in [5.74, 6) is 1.64. The van der Waals surface area contributed by atoms with Crippen LogP contribution in [0.4, 0.5) is 10.1 Å². The number of nitrogens with zero attached hydrogens (tertiary/aromatic N) is 2. The number of benzene rings is 1. The van der Waals surface area contributed by atoms with Crippen LogP contribution in [0.25, 0.3) is 0 Å². The minimum Gasteiger partial charge on any atom is -0.489 e. The van der Waals surface area contributed by atoms with Gasteiger partial charge >= 0.3 is 0 Å². The largest absolute Gasteiger partial charge is 0.489 e. The summed E-state index contributed by atoms with van der Waals surface area (Å²) in [4.78, 5) is 17.3. The summed E-state index contributed by atoms with van der Waals surface area (Å²) in [6.45, 7) is 9.65. The van der Waals surface area contributed by atoms with Gasteiger partial charge in [0, 0.05) is 25.5 Å². The number of Topliss-reactive ketones (excluding diaryl/α,β-unsaturated/α-hetero) is 1. The maximum Gasteiger partial charge on any atom is 0.215 e. The first-order valence-electron chi connectivity index (χ1n) is 10.6. The summed E-state index contributed by atoms with van der Waals surface area (Å²) < 4.78 is 26.1. The lowest BCUT2D eigenvalue weighted by atomic mass is 9.96. The second-order valence-electron chi connectivity index (χ2n) is 8.53. The first-order chi connectivity index (χ1) is 14.3. The zero-order valence-electron chi connectivity index (χ0n) is 18.2.